The molecular weight excluding hydrogens is 243 g/mol. The van der Waals surface area contributed by atoms with E-state index in [9.17, 15) is 9.36 Å². The van der Waals surface area contributed by atoms with E-state index in [1.54, 1.807) is 20.8 Å². The Morgan fingerprint density at radius 1 is 1.06 bits per heavy atom. The van der Waals surface area contributed by atoms with Crippen molar-refractivity contribution in [3.63, 3.8) is 0 Å². The van der Waals surface area contributed by atoms with Crippen molar-refractivity contribution in [2.75, 3.05) is 26.0 Å². The first-order chi connectivity index (χ1) is 8.02. The van der Waals surface area contributed by atoms with Gasteiger partial charge >= 0.3 is 13.6 Å². The molecule has 0 aliphatic carbocycles. The van der Waals surface area contributed by atoms with Gasteiger partial charge in [-0.05, 0) is 27.2 Å². The molecule has 0 amide bonds. The summed E-state index contributed by atoms with van der Waals surface area (Å²) >= 11 is 0. The van der Waals surface area contributed by atoms with Crippen molar-refractivity contribution in [2.45, 2.75) is 34.1 Å². The normalized spacial score (nSPS) is 13.4. The van der Waals surface area contributed by atoms with Gasteiger partial charge in [-0.1, -0.05) is 6.92 Å². The lowest BCUT2D eigenvalue weighted by atomic mass is 10.1. The third-order valence-corrected chi connectivity index (χ3v) is 4.40. The van der Waals surface area contributed by atoms with Crippen LogP contribution in [-0.2, 0) is 23.1 Å². The topological polar surface area (TPSA) is 61.8 Å². The number of esters is 1. The van der Waals surface area contributed by atoms with Crippen LogP contribution in [0.15, 0.2) is 0 Å². The van der Waals surface area contributed by atoms with E-state index in [-0.39, 0.29) is 12.1 Å². The maximum absolute atomic E-state index is 12.2. The van der Waals surface area contributed by atoms with Crippen molar-refractivity contribution in [3.8, 4) is 0 Å². The van der Waals surface area contributed by atoms with E-state index in [0.29, 0.717) is 26.2 Å². The molecule has 0 rings (SSSR count). The highest BCUT2D eigenvalue weighted by Gasteiger charge is 2.32. The number of carbonyl (C=O) groups excluding carboxylic acids is 1. The fourth-order valence-electron chi connectivity index (χ4n) is 1.44. The summed E-state index contributed by atoms with van der Waals surface area (Å²) in [7, 11) is -3.17. The minimum absolute atomic E-state index is 0.0873. The van der Waals surface area contributed by atoms with Crippen LogP contribution >= 0.6 is 7.60 Å². The van der Waals surface area contributed by atoms with E-state index in [4.69, 9.17) is 13.8 Å². The molecule has 1 atom stereocenters. The summed E-state index contributed by atoms with van der Waals surface area (Å²) in [4.78, 5) is 11.6. The van der Waals surface area contributed by atoms with E-state index in [1.807, 2.05) is 6.92 Å². The predicted octanol–water partition coefficient (Wildman–Crippen LogP) is 2.84. The molecule has 1 unspecified atom stereocenters. The van der Waals surface area contributed by atoms with Gasteiger partial charge in [-0.3, -0.25) is 9.36 Å². The molecule has 0 bridgehead atoms. The number of rotatable bonds is 9. The second-order valence-electron chi connectivity index (χ2n) is 3.49. The highest BCUT2D eigenvalue weighted by molar-refractivity contribution is 7.53. The summed E-state index contributed by atoms with van der Waals surface area (Å²) in [6.07, 6.45) is 0.646. The van der Waals surface area contributed by atoms with Crippen LogP contribution in [0.5, 0.6) is 0 Å². The van der Waals surface area contributed by atoms with Crippen LogP contribution in [0.3, 0.4) is 0 Å². The van der Waals surface area contributed by atoms with Gasteiger partial charge < -0.3 is 13.8 Å². The van der Waals surface area contributed by atoms with Gasteiger partial charge in [-0.15, -0.1) is 0 Å². The zero-order valence-electron chi connectivity index (χ0n) is 11.1. The molecule has 17 heavy (non-hydrogen) atoms. The van der Waals surface area contributed by atoms with Gasteiger partial charge in [0.15, 0.2) is 0 Å². The van der Waals surface area contributed by atoms with E-state index in [2.05, 4.69) is 0 Å². The predicted molar refractivity (Wildman–Crippen MR) is 66.1 cm³/mol. The molecule has 102 valence electrons. The Hall–Kier alpha value is -0.380. The third-order valence-electron chi connectivity index (χ3n) is 2.21. The first kappa shape index (κ1) is 16.6. The second kappa shape index (κ2) is 8.67. The van der Waals surface area contributed by atoms with E-state index >= 15 is 0 Å². The van der Waals surface area contributed by atoms with Crippen LogP contribution in [0.1, 0.15) is 34.1 Å². The summed E-state index contributed by atoms with van der Waals surface area (Å²) in [5.74, 6) is -0.770. The number of carbonyl (C=O) groups is 1. The number of ether oxygens (including phenoxy) is 1. The minimum Gasteiger partial charge on any atom is -0.466 e. The van der Waals surface area contributed by atoms with Crippen LogP contribution in [-0.4, -0.2) is 32.0 Å². The smallest absolute Gasteiger partial charge is 0.331 e. The lowest BCUT2D eigenvalue weighted by Crippen LogP contribution is -2.22. The van der Waals surface area contributed by atoms with Crippen LogP contribution in [0.4, 0.5) is 0 Å². The summed E-state index contributed by atoms with van der Waals surface area (Å²) in [5, 5.41) is 0. The summed E-state index contributed by atoms with van der Waals surface area (Å²) in [5.41, 5.74) is 0. The minimum atomic E-state index is -3.17. The van der Waals surface area contributed by atoms with Crippen molar-refractivity contribution >= 4 is 13.6 Å². The SMILES string of the molecule is CCOC(=O)C(CC)CP(=O)(OCC)OCC. The van der Waals surface area contributed by atoms with Crippen molar-refractivity contribution in [1.82, 2.24) is 0 Å². The van der Waals surface area contributed by atoms with Gasteiger partial charge in [0.05, 0.1) is 31.9 Å². The van der Waals surface area contributed by atoms with Gasteiger partial charge in [0, 0.05) is 0 Å². The lowest BCUT2D eigenvalue weighted by Gasteiger charge is -2.21. The Morgan fingerprint density at radius 3 is 1.94 bits per heavy atom. The molecule has 0 fully saturated rings. The number of hydrogen-bond acceptors (Lipinski definition) is 5. The van der Waals surface area contributed by atoms with Crippen molar-refractivity contribution in [1.29, 1.82) is 0 Å². The lowest BCUT2D eigenvalue weighted by molar-refractivity contribution is -0.147. The number of hydrogen-bond donors (Lipinski definition) is 0. The van der Waals surface area contributed by atoms with Crippen molar-refractivity contribution < 1.29 is 23.1 Å². The summed E-state index contributed by atoms with van der Waals surface area (Å²) in [6.45, 7) is 8.02. The van der Waals surface area contributed by atoms with Gasteiger partial charge in [0.2, 0.25) is 0 Å². The molecule has 0 saturated carbocycles. The van der Waals surface area contributed by atoms with Gasteiger partial charge in [-0.2, -0.15) is 0 Å². The fourth-order valence-corrected chi connectivity index (χ4v) is 3.46. The average Bonchev–Trinajstić information content (AvgIpc) is 2.27. The zero-order chi connectivity index (χ0) is 13.3. The second-order valence-corrected chi connectivity index (χ2v) is 5.59. The summed E-state index contributed by atoms with van der Waals surface area (Å²) in [6, 6.07) is 0. The molecule has 5 nitrogen and oxygen atoms in total. The Kier molecular flexibility index (Phi) is 8.48. The van der Waals surface area contributed by atoms with Crippen LogP contribution in [0, 0.1) is 5.92 Å². The Bertz CT molecular complexity index is 257. The van der Waals surface area contributed by atoms with Gasteiger partial charge in [0.25, 0.3) is 0 Å². The highest BCUT2D eigenvalue weighted by atomic mass is 31.2. The Morgan fingerprint density at radius 2 is 1.59 bits per heavy atom. The molecule has 6 heteroatoms. The maximum atomic E-state index is 12.2. The standard InChI is InChI=1S/C11H23O5P/c1-5-10(11(12)14-6-2)9-17(13,15-7-3)16-8-4/h10H,5-9H2,1-4H3. The zero-order valence-corrected chi connectivity index (χ0v) is 12.0. The molecule has 0 aromatic heterocycles. The van der Waals surface area contributed by atoms with E-state index < -0.39 is 13.5 Å². The first-order valence-electron chi connectivity index (χ1n) is 6.07. The monoisotopic (exact) mass is 266 g/mol. The largest absolute Gasteiger partial charge is 0.466 e. The molecular formula is C11H23O5P. The molecule has 0 heterocycles. The van der Waals surface area contributed by atoms with E-state index in [1.165, 1.54) is 0 Å². The molecule has 0 aromatic carbocycles. The van der Waals surface area contributed by atoms with Gasteiger partial charge in [0.1, 0.15) is 0 Å². The molecule has 0 aliphatic heterocycles. The van der Waals surface area contributed by atoms with Crippen molar-refractivity contribution in [2.24, 2.45) is 5.92 Å². The van der Waals surface area contributed by atoms with Crippen LogP contribution < -0.4 is 0 Å². The highest BCUT2D eigenvalue weighted by Crippen LogP contribution is 2.50. The molecule has 0 aromatic rings. The molecule has 0 saturated heterocycles. The molecule has 0 spiro atoms. The summed E-state index contributed by atoms with van der Waals surface area (Å²) < 4.78 is 27.5. The Labute approximate surface area is 103 Å². The maximum Gasteiger partial charge on any atom is 0.331 e. The van der Waals surface area contributed by atoms with Crippen molar-refractivity contribution in [3.05, 3.63) is 0 Å². The van der Waals surface area contributed by atoms with Crippen LogP contribution in [0.25, 0.3) is 0 Å². The fraction of sp³-hybridized carbons (Fsp3) is 0.909. The molecule has 0 N–H and O–H groups in total. The first-order valence-corrected chi connectivity index (χ1v) is 7.80. The average molecular weight is 266 g/mol. The van der Waals surface area contributed by atoms with Gasteiger partial charge in [-0.25, -0.2) is 0 Å². The van der Waals surface area contributed by atoms with Crippen LogP contribution in [0.2, 0.25) is 0 Å². The van der Waals surface area contributed by atoms with E-state index in [0.717, 1.165) is 0 Å². The molecule has 0 radical (unpaired) electrons. The quantitative estimate of drug-likeness (QED) is 0.474. The Balaban J connectivity index is 4.59. The molecule has 0 aliphatic rings. The third kappa shape index (κ3) is 6.20.